The standard InChI is InChI=1S/C20H19ClN2O6/c1-28-14-5-4-12(21)7-13(14)22-15(24)9-29-16(25)8-23-19(26)17-10-2-3-11(6-10)18(17)20(23)27/h2-5,7,10-11,17-18H,6,8-9H2,1H3,(H,22,24)/t10-,11-,17-,18-/m0/s1. The summed E-state index contributed by atoms with van der Waals surface area (Å²) in [5, 5.41) is 2.94. The number of ether oxygens (including phenoxy) is 2. The maximum Gasteiger partial charge on any atom is 0.326 e. The van der Waals surface area contributed by atoms with Crippen molar-refractivity contribution >= 4 is 41.0 Å². The van der Waals surface area contributed by atoms with Gasteiger partial charge in [0, 0.05) is 5.02 Å². The molecule has 4 atom stereocenters. The van der Waals surface area contributed by atoms with E-state index in [1.54, 1.807) is 12.1 Å². The Morgan fingerprint density at radius 1 is 1.17 bits per heavy atom. The minimum Gasteiger partial charge on any atom is -0.495 e. The molecule has 1 saturated heterocycles. The average molecular weight is 419 g/mol. The maximum absolute atomic E-state index is 12.6. The summed E-state index contributed by atoms with van der Waals surface area (Å²) in [5.41, 5.74) is 0.335. The van der Waals surface area contributed by atoms with Gasteiger partial charge in [-0.3, -0.25) is 24.1 Å². The number of methoxy groups -OCH3 is 1. The number of nitrogens with one attached hydrogen (secondary N) is 1. The van der Waals surface area contributed by atoms with Crippen molar-refractivity contribution in [2.24, 2.45) is 23.7 Å². The van der Waals surface area contributed by atoms with Gasteiger partial charge in [0.25, 0.3) is 5.91 Å². The number of hydrogen-bond acceptors (Lipinski definition) is 6. The molecule has 1 aliphatic heterocycles. The number of hydrogen-bond donors (Lipinski definition) is 1. The summed E-state index contributed by atoms with van der Waals surface area (Å²) in [5.74, 6) is -2.28. The number of rotatable bonds is 6. The van der Waals surface area contributed by atoms with Crippen LogP contribution in [0.15, 0.2) is 30.4 Å². The fraction of sp³-hybridized carbons (Fsp3) is 0.400. The third kappa shape index (κ3) is 3.48. The second-order valence-electron chi connectivity index (χ2n) is 7.32. The van der Waals surface area contributed by atoms with Crippen molar-refractivity contribution in [3.8, 4) is 5.75 Å². The summed E-state index contributed by atoms with van der Waals surface area (Å²) in [6, 6.07) is 4.70. The molecule has 1 saturated carbocycles. The van der Waals surface area contributed by atoms with Crippen LogP contribution in [0.5, 0.6) is 5.75 Å². The zero-order valence-corrected chi connectivity index (χ0v) is 16.3. The van der Waals surface area contributed by atoms with Gasteiger partial charge in [-0.1, -0.05) is 23.8 Å². The van der Waals surface area contributed by atoms with Crippen LogP contribution in [0.3, 0.4) is 0 Å². The van der Waals surface area contributed by atoms with Crippen LogP contribution in [-0.4, -0.2) is 48.9 Å². The Bertz CT molecular complexity index is 900. The topological polar surface area (TPSA) is 102 Å². The minimum atomic E-state index is -0.819. The second kappa shape index (κ2) is 7.51. The highest BCUT2D eigenvalue weighted by atomic mass is 35.5. The molecule has 2 fully saturated rings. The number of carbonyl (C=O) groups excluding carboxylic acids is 4. The Kier molecular flexibility index (Phi) is 5.04. The molecule has 0 unspecified atom stereocenters. The lowest BCUT2D eigenvalue weighted by atomic mass is 9.85. The predicted molar refractivity (Wildman–Crippen MR) is 102 cm³/mol. The molecule has 8 nitrogen and oxygen atoms in total. The lowest BCUT2D eigenvalue weighted by Crippen LogP contribution is -2.38. The number of nitrogens with zero attached hydrogens (tertiary/aromatic N) is 1. The van der Waals surface area contributed by atoms with Crippen LogP contribution in [0.2, 0.25) is 5.02 Å². The molecule has 1 aromatic carbocycles. The summed E-state index contributed by atoms with van der Waals surface area (Å²) in [6.45, 7) is -1.05. The summed E-state index contributed by atoms with van der Waals surface area (Å²) in [6.07, 6.45) is 4.78. The number of likely N-dealkylation sites (tertiary alicyclic amines) is 1. The van der Waals surface area contributed by atoms with E-state index in [-0.39, 0.29) is 35.5 Å². The highest BCUT2D eigenvalue weighted by molar-refractivity contribution is 6.31. The molecule has 0 radical (unpaired) electrons. The van der Waals surface area contributed by atoms with Gasteiger partial charge in [-0.15, -0.1) is 0 Å². The first-order valence-corrected chi connectivity index (χ1v) is 9.59. The first kappa shape index (κ1) is 19.4. The van der Waals surface area contributed by atoms with Crippen LogP contribution in [0.25, 0.3) is 0 Å². The van der Waals surface area contributed by atoms with Gasteiger partial charge >= 0.3 is 5.97 Å². The average Bonchev–Trinajstić information content (AvgIpc) is 3.37. The van der Waals surface area contributed by atoms with Crippen LogP contribution < -0.4 is 10.1 Å². The molecular weight excluding hydrogens is 400 g/mol. The third-order valence-corrected chi connectivity index (χ3v) is 5.88. The highest BCUT2D eigenvalue weighted by Crippen LogP contribution is 2.52. The van der Waals surface area contributed by atoms with Gasteiger partial charge in [-0.2, -0.15) is 0 Å². The number of amides is 3. The fourth-order valence-electron chi connectivity index (χ4n) is 4.40. The first-order valence-electron chi connectivity index (χ1n) is 9.21. The molecule has 9 heteroatoms. The van der Waals surface area contributed by atoms with E-state index in [1.807, 2.05) is 12.2 Å². The zero-order valence-electron chi connectivity index (χ0n) is 15.6. The number of carbonyl (C=O) groups is 4. The molecule has 152 valence electrons. The first-order chi connectivity index (χ1) is 13.9. The summed E-state index contributed by atoms with van der Waals surface area (Å²) in [7, 11) is 1.44. The molecule has 2 aliphatic carbocycles. The minimum absolute atomic E-state index is 0.0703. The van der Waals surface area contributed by atoms with Crippen LogP contribution in [0, 0.1) is 23.7 Å². The number of esters is 1. The van der Waals surface area contributed by atoms with Crippen molar-refractivity contribution in [3.05, 3.63) is 35.4 Å². The molecule has 3 amide bonds. The van der Waals surface area contributed by atoms with Gasteiger partial charge in [0.2, 0.25) is 11.8 Å². The Hall–Kier alpha value is -2.87. The molecular formula is C20H19ClN2O6. The Morgan fingerprint density at radius 2 is 1.83 bits per heavy atom. The molecule has 0 aromatic heterocycles. The van der Waals surface area contributed by atoms with Crippen LogP contribution in [0.1, 0.15) is 6.42 Å². The lowest BCUT2D eigenvalue weighted by Gasteiger charge is -2.16. The van der Waals surface area contributed by atoms with E-state index in [0.717, 1.165) is 11.3 Å². The zero-order chi connectivity index (χ0) is 20.7. The van der Waals surface area contributed by atoms with Crippen molar-refractivity contribution in [2.75, 3.05) is 25.6 Å². The number of fused-ring (bicyclic) bond motifs is 5. The van der Waals surface area contributed by atoms with Crippen molar-refractivity contribution in [1.82, 2.24) is 4.90 Å². The third-order valence-electron chi connectivity index (χ3n) is 5.65. The predicted octanol–water partition coefficient (Wildman–Crippen LogP) is 1.64. The number of allylic oxidation sites excluding steroid dienone is 2. The number of halogens is 1. The van der Waals surface area contributed by atoms with Gasteiger partial charge in [-0.25, -0.2) is 0 Å². The number of benzene rings is 1. The van der Waals surface area contributed by atoms with Gasteiger partial charge in [0.15, 0.2) is 6.61 Å². The normalized spacial score (nSPS) is 26.6. The Labute approximate surface area is 171 Å². The van der Waals surface area contributed by atoms with E-state index >= 15 is 0 Å². The fourth-order valence-corrected chi connectivity index (χ4v) is 4.58. The van der Waals surface area contributed by atoms with Crippen LogP contribution >= 0.6 is 11.6 Å². The second-order valence-corrected chi connectivity index (χ2v) is 7.75. The lowest BCUT2D eigenvalue weighted by molar-refractivity contribution is -0.154. The molecule has 0 spiro atoms. The smallest absolute Gasteiger partial charge is 0.326 e. The molecule has 4 rings (SSSR count). The monoisotopic (exact) mass is 418 g/mol. The van der Waals surface area contributed by atoms with Crippen molar-refractivity contribution in [1.29, 1.82) is 0 Å². The van der Waals surface area contributed by atoms with Crippen LogP contribution in [0.4, 0.5) is 5.69 Å². The molecule has 3 aliphatic rings. The van der Waals surface area contributed by atoms with Crippen molar-refractivity contribution in [3.63, 3.8) is 0 Å². The molecule has 1 N–H and O–H groups in total. The SMILES string of the molecule is COc1ccc(Cl)cc1NC(=O)COC(=O)CN1C(=O)[C@@H]2[C@@H](C1=O)[C@H]1C=C[C@H]2C1. The highest BCUT2D eigenvalue weighted by Gasteiger charge is 2.59. The van der Waals surface area contributed by atoms with E-state index in [4.69, 9.17) is 21.1 Å². The van der Waals surface area contributed by atoms with E-state index in [0.29, 0.717) is 16.5 Å². The largest absolute Gasteiger partial charge is 0.495 e. The Morgan fingerprint density at radius 3 is 2.45 bits per heavy atom. The summed E-state index contributed by atoms with van der Waals surface area (Å²) < 4.78 is 10.1. The van der Waals surface area contributed by atoms with Crippen molar-refractivity contribution < 1.29 is 28.7 Å². The quantitative estimate of drug-likeness (QED) is 0.428. The molecule has 29 heavy (non-hydrogen) atoms. The molecule has 2 bridgehead atoms. The Balaban J connectivity index is 1.31. The van der Waals surface area contributed by atoms with Crippen molar-refractivity contribution in [2.45, 2.75) is 6.42 Å². The van der Waals surface area contributed by atoms with Gasteiger partial charge in [-0.05, 0) is 36.5 Å². The molecule has 1 aromatic rings. The van der Waals surface area contributed by atoms with Crippen LogP contribution in [-0.2, 0) is 23.9 Å². The van der Waals surface area contributed by atoms with Gasteiger partial charge in [0.1, 0.15) is 12.3 Å². The van der Waals surface area contributed by atoms with Gasteiger partial charge < -0.3 is 14.8 Å². The van der Waals surface area contributed by atoms with E-state index in [2.05, 4.69) is 5.32 Å². The van der Waals surface area contributed by atoms with Gasteiger partial charge in [0.05, 0.1) is 24.6 Å². The molecule has 1 heterocycles. The maximum atomic E-state index is 12.6. The summed E-state index contributed by atoms with van der Waals surface area (Å²) in [4.78, 5) is 50.3. The number of anilines is 1. The van der Waals surface area contributed by atoms with E-state index in [1.165, 1.54) is 13.2 Å². The summed E-state index contributed by atoms with van der Waals surface area (Å²) >= 11 is 5.91. The van der Waals surface area contributed by atoms with E-state index < -0.39 is 25.0 Å². The number of imide groups is 1. The van der Waals surface area contributed by atoms with E-state index in [9.17, 15) is 19.2 Å².